The van der Waals surface area contributed by atoms with Crippen LogP contribution in [0.25, 0.3) is 0 Å². The molecule has 1 aromatic rings. The number of nitrogen functional groups attached to an aromatic ring is 1. The summed E-state index contributed by atoms with van der Waals surface area (Å²) in [6, 6.07) is 5.52. The molecule has 0 spiro atoms. The maximum Gasteiger partial charge on any atom is 0.340 e. The van der Waals surface area contributed by atoms with E-state index in [4.69, 9.17) is 10.5 Å². The van der Waals surface area contributed by atoms with Crippen molar-refractivity contribution in [3.05, 3.63) is 23.8 Å². The number of nitrogens with one attached hydrogen (secondary N) is 1. The molecule has 0 fully saturated rings. The number of ether oxygens (including phenoxy) is 1. The number of methoxy groups -OCH3 is 1. The molecule has 0 saturated heterocycles. The molecule has 4 nitrogen and oxygen atoms in total. The normalized spacial score (nSPS) is 12.3. The van der Waals surface area contributed by atoms with Gasteiger partial charge in [0.1, 0.15) is 0 Å². The third-order valence-corrected chi connectivity index (χ3v) is 3.63. The van der Waals surface area contributed by atoms with E-state index in [-0.39, 0.29) is 12.0 Å². The van der Waals surface area contributed by atoms with Crippen molar-refractivity contribution in [3.8, 4) is 0 Å². The van der Waals surface area contributed by atoms with E-state index in [0.29, 0.717) is 22.9 Å². The van der Waals surface area contributed by atoms with Gasteiger partial charge in [-0.15, -0.1) is 0 Å². The molecule has 0 heterocycles. The van der Waals surface area contributed by atoms with Crippen molar-refractivity contribution in [2.45, 2.75) is 39.7 Å². The van der Waals surface area contributed by atoms with Gasteiger partial charge in [0.2, 0.25) is 0 Å². The summed E-state index contributed by atoms with van der Waals surface area (Å²) in [5, 5.41) is 3.37. The number of carbonyl (C=O) groups excluding carboxylic acids is 1. The van der Waals surface area contributed by atoms with Crippen LogP contribution >= 0.6 is 0 Å². The van der Waals surface area contributed by atoms with Crippen LogP contribution in [0.5, 0.6) is 0 Å². The monoisotopic (exact) mass is 264 g/mol. The molecule has 1 atom stereocenters. The van der Waals surface area contributed by atoms with Gasteiger partial charge in [-0.1, -0.05) is 32.8 Å². The number of para-hydroxylation sites is 1. The quantitative estimate of drug-likeness (QED) is 0.611. The molecule has 0 aliphatic rings. The SMILES string of the molecule is CCC(CC)C(C)Nc1c(N)cccc1C(=O)OC. The zero-order valence-corrected chi connectivity index (χ0v) is 12.2. The smallest absolute Gasteiger partial charge is 0.340 e. The first-order chi connectivity index (χ1) is 9.04. The van der Waals surface area contributed by atoms with Crippen LogP contribution in [0.4, 0.5) is 11.4 Å². The molecule has 1 rings (SSSR count). The Morgan fingerprint density at radius 1 is 1.37 bits per heavy atom. The fourth-order valence-corrected chi connectivity index (χ4v) is 2.35. The molecular formula is C15H24N2O2. The third kappa shape index (κ3) is 3.63. The average Bonchev–Trinajstić information content (AvgIpc) is 2.41. The molecule has 106 valence electrons. The highest BCUT2D eigenvalue weighted by Crippen LogP contribution is 2.27. The number of anilines is 2. The first kappa shape index (κ1) is 15.3. The maximum absolute atomic E-state index is 11.8. The molecule has 0 saturated carbocycles. The standard InChI is InChI=1S/C15H24N2O2/c1-5-11(6-2)10(3)17-14-12(15(18)19-4)8-7-9-13(14)16/h7-11,17H,5-6,16H2,1-4H3. The van der Waals surface area contributed by atoms with E-state index in [1.165, 1.54) is 7.11 Å². The van der Waals surface area contributed by atoms with E-state index >= 15 is 0 Å². The van der Waals surface area contributed by atoms with Gasteiger partial charge in [0.25, 0.3) is 0 Å². The summed E-state index contributed by atoms with van der Waals surface area (Å²) in [7, 11) is 1.37. The van der Waals surface area contributed by atoms with E-state index < -0.39 is 0 Å². The predicted octanol–water partition coefficient (Wildman–Crippen LogP) is 3.29. The van der Waals surface area contributed by atoms with Gasteiger partial charge in [-0.05, 0) is 25.0 Å². The first-order valence-corrected chi connectivity index (χ1v) is 6.78. The molecule has 0 aliphatic heterocycles. The summed E-state index contributed by atoms with van der Waals surface area (Å²) in [5.41, 5.74) is 7.71. The summed E-state index contributed by atoms with van der Waals surface area (Å²) in [6.07, 6.45) is 2.18. The van der Waals surface area contributed by atoms with Crippen molar-refractivity contribution in [3.63, 3.8) is 0 Å². The van der Waals surface area contributed by atoms with Crippen molar-refractivity contribution in [2.75, 3.05) is 18.2 Å². The highest BCUT2D eigenvalue weighted by atomic mass is 16.5. The Balaban J connectivity index is 3.02. The zero-order valence-electron chi connectivity index (χ0n) is 12.2. The summed E-state index contributed by atoms with van der Waals surface area (Å²) in [5.74, 6) is 0.177. The number of hydrogen-bond donors (Lipinski definition) is 2. The lowest BCUT2D eigenvalue weighted by Crippen LogP contribution is -2.26. The van der Waals surface area contributed by atoms with Crippen molar-refractivity contribution in [2.24, 2.45) is 5.92 Å². The number of benzene rings is 1. The van der Waals surface area contributed by atoms with Gasteiger partial charge in [0, 0.05) is 6.04 Å². The average molecular weight is 264 g/mol. The third-order valence-electron chi connectivity index (χ3n) is 3.63. The van der Waals surface area contributed by atoms with Crippen LogP contribution in [-0.2, 0) is 4.74 Å². The van der Waals surface area contributed by atoms with Gasteiger partial charge in [-0.2, -0.15) is 0 Å². The number of esters is 1. The van der Waals surface area contributed by atoms with Crippen LogP contribution in [-0.4, -0.2) is 19.1 Å². The number of nitrogens with two attached hydrogens (primary N) is 1. The summed E-state index contributed by atoms with van der Waals surface area (Å²) < 4.78 is 4.79. The van der Waals surface area contributed by atoms with Gasteiger partial charge in [-0.25, -0.2) is 4.79 Å². The molecule has 3 N–H and O–H groups in total. The zero-order chi connectivity index (χ0) is 14.4. The minimum absolute atomic E-state index is 0.253. The molecule has 1 aromatic carbocycles. The Morgan fingerprint density at radius 2 is 2.00 bits per heavy atom. The van der Waals surface area contributed by atoms with Crippen LogP contribution in [0, 0.1) is 5.92 Å². The lowest BCUT2D eigenvalue weighted by atomic mass is 9.95. The van der Waals surface area contributed by atoms with Crippen LogP contribution in [0.3, 0.4) is 0 Å². The molecule has 0 amide bonds. The lowest BCUT2D eigenvalue weighted by molar-refractivity contribution is 0.0602. The van der Waals surface area contributed by atoms with Crippen LogP contribution in [0.2, 0.25) is 0 Å². The second-order valence-electron chi connectivity index (χ2n) is 4.77. The predicted molar refractivity (Wildman–Crippen MR) is 79.4 cm³/mol. The van der Waals surface area contributed by atoms with E-state index in [9.17, 15) is 4.79 Å². The van der Waals surface area contributed by atoms with E-state index in [0.717, 1.165) is 12.8 Å². The fourth-order valence-electron chi connectivity index (χ4n) is 2.35. The van der Waals surface area contributed by atoms with Crippen molar-refractivity contribution >= 4 is 17.3 Å². The first-order valence-electron chi connectivity index (χ1n) is 6.78. The van der Waals surface area contributed by atoms with Gasteiger partial charge >= 0.3 is 5.97 Å². The van der Waals surface area contributed by atoms with E-state index in [2.05, 4.69) is 26.1 Å². The molecule has 0 bridgehead atoms. The second-order valence-corrected chi connectivity index (χ2v) is 4.77. The number of hydrogen-bond acceptors (Lipinski definition) is 4. The highest BCUT2D eigenvalue weighted by Gasteiger charge is 2.19. The fraction of sp³-hybridized carbons (Fsp3) is 0.533. The van der Waals surface area contributed by atoms with Crippen molar-refractivity contribution in [1.29, 1.82) is 0 Å². The summed E-state index contributed by atoms with van der Waals surface area (Å²) in [6.45, 7) is 6.45. The Morgan fingerprint density at radius 3 is 2.53 bits per heavy atom. The van der Waals surface area contributed by atoms with Crippen LogP contribution in [0.15, 0.2) is 18.2 Å². The molecular weight excluding hydrogens is 240 g/mol. The van der Waals surface area contributed by atoms with Crippen molar-refractivity contribution in [1.82, 2.24) is 0 Å². The largest absolute Gasteiger partial charge is 0.465 e. The van der Waals surface area contributed by atoms with Gasteiger partial charge in [-0.3, -0.25) is 0 Å². The van der Waals surface area contributed by atoms with Crippen molar-refractivity contribution < 1.29 is 9.53 Å². The maximum atomic E-state index is 11.8. The lowest BCUT2D eigenvalue weighted by Gasteiger charge is -2.25. The molecule has 19 heavy (non-hydrogen) atoms. The van der Waals surface area contributed by atoms with Gasteiger partial charge in [0.05, 0.1) is 24.0 Å². The molecule has 0 aliphatic carbocycles. The van der Waals surface area contributed by atoms with Gasteiger partial charge in [0.15, 0.2) is 0 Å². The summed E-state index contributed by atoms with van der Waals surface area (Å²) >= 11 is 0. The molecule has 0 aromatic heterocycles. The second kappa shape index (κ2) is 7.02. The molecule has 0 radical (unpaired) electrons. The van der Waals surface area contributed by atoms with Gasteiger partial charge < -0.3 is 15.8 Å². The van der Waals surface area contributed by atoms with Crippen LogP contribution in [0.1, 0.15) is 44.0 Å². The Kier molecular flexibility index (Phi) is 5.67. The number of rotatable bonds is 6. The minimum Gasteiger partial charge on any atom is -0.465 e. The molecule has 4 heteroatoms. The van der Waals surface area contributed by atoms with Crippen LogP contribution < -0.4 is 11.1 Å². The number of carbonyl (C=O) groups is 1. The summed E-state index contributed by atoms with van der Waals surface area (Å²) in [4.78, 5) is 11.8. The minimum atomic E-state index is -0.369. The van der Waals surface area contributed by atoms with E-state index in [1.807, 2.05) is 0 Å². The topological polar surface area (TPSA) is 64.3 Å². The Hall–Kier alpha value is -1.71. The Labute approximate surface area is 115 Å². The highest BCUT2D eigenvalue weighted by molar-refractivity contribution is 5.98. The van der Waals surface area contributed by atoms with E-state index in [1.54, 1.807) is 18.2 Å². The molecule has 1 unspecified atom stereocenters. The Bertz CT molecular complexity index is 428.